The van der Waals surface area contributed by atoms with Gasteiger partial charge in [0, 0.05) is 0 Å². The summed E-state index contributed by atoms with van der Waals surface area (Å²) in [5.41, 5.74) is 5.36. The summed E-state index contributed by atoms with van der Waals surface area (Å²) in [4.78, 5) is 15.2. The van der Waals surface area contributed by atoms with Crippen LogP contribution in [-0.4, -0.2) is 23.2 Å². The molecule has 0 bridgehead atoms. The van der Waals surface area contributed by atoms with Gasteiger partial charge in [0.05, 0.1) is 6.04 Å². The van der Waals surface area contributed by atoms with Gasteiger partial charge >= 0.3 is 0 Å². The van der Waals surface area contributed by atoms with Crippen molar-refractivity contribution in [1.82, 2.24) is 5.32 Å². The van der Waals surface area contributed by atoms with E-state index in [2.05, 4.69) is 10.3 Å². The lowest BCUT2D eigenvalue weighted by Gasteiger charge is -2.20. The first-order valence-electron chi connectivity index (χ1n) is 3.23. The Bertz CT molecular complexity index is 261. The van der Waals surface area contributed by atoms with E-state index in [4.69, 9.17) is 5.73 Å². The Hall–Kier alpha value is -0.970. The Morgan fingerprint density at radius 3 is 3.36 bits per heavy atom. The Kier molecular flexibility index (Phi) is 1.38. The molecule has 2 unspecified atom stereocenters. The van der Waals surface area contributed by atoms with Crippen molar-refractivity contribution >= 4 is 23.6 Å². The zero-order valence-corrected chi connectivity index (χ0v) is 6.47. The van der Waals surface area contributed by atoms with Crippen LogP contribution in [0.4, 0.5) is 0 Å². The van der Waals surface area contributed by atoms with Gasteiger partial charge in [-0.1, -0.05) is 6.08 Å². The average molecular weight is 169 g/mol. The normalized spacial score (nSPS) is 34.5. The number of carbonyl (C=O) groups excluding carboxylic acids is 1. The summed E-state index contributed by atoms with van der Waals surface area (Å²) in [5.74, 6) is 0.181. The molecule has 0 aliphatic carbocycles. The van der Waals surface area contributed by atoms with E-state index in [1.165, 1.54) is 11.8 Å². The van der Waals surface area contributed by atoms with Gasteiger partial charge in [-0.2, -0.15) is 0 Å². The zero-order chi connectivity index (χ0) is 7.84. The molecule has 1 amide bonds. The van der Waals surface area contributed by atoms with Gasteiger partial charge in [-0.25, -0.2) is 4.99 Å². The number of thioether (sulfide) groups is 1. The van der Waals surface area contributed by atoms with Crippen molar-refractivity contribution in [1.29, 1.82) is 0 Å². The first kappa shape index (κ1) is 6.72. The molecule has 2 rings (SSSR count). The van der Waals surface area contributed by atoms with Gasteiger partial charge in [0.15, 0.2) is 5.96 Å². The van der Waals surface area contributed by atoms with E-state index in [1.54, 1.807) is 0 Å². The van der Waals surface area contributed by atoms with Crippen LogP contribution in [0.15, 0.2) is 16.5 Å². The highest BCUT2D eigenvalue weighted by molar-refractivity contribution is 8.03. The molecule has 2 atom stereocenters. The average Bonchev–Trinajstić information content (AvgIpc) is 2.34. The minimum absolute atomic E-state index is 0.0440. The van der Waals surface area contributed by atoms with Crippen molar-refractivity contribution in [2.75, 3.05) is 0 Å². The van der Waals surface area contributed by atoms with Gasteiger partial charge in [-0.05, 0) is 5.41 Å². The van der Waals surface area contributed by atoms with Gasteiger partial charge in [0.1, 0.15) is 5.25 Å². The number of nitrogens with zero attached hydrogens (tertiary/aromatic N) is 1. The van der Waals surface area contributed by atoms with Crippen LogP contribution in [-0.2, 0) is 4.79 Å². The third-order valence-corrected chi connectivity index (χ3v) is 2.71. The Balaban J connectivity index is 2.30. The van der Waals surface area contributed by atoms with Crippen LogP contribution in [0.25, 0.3) is 0 Å². The SMILES string of the molecule is NC1=NC2C=CSC2C(=O)N1. The fourth-order valence-electron chi connectivity index (χ4n) is 1.11. The smallest absolute Gasteiger partial charge is 0.242 e. The van der Waals surface area contributed by atoms with Crippen molar-refractivity contribution in [3.63, 3.8) is 0 Å². The third kappa shape index (κ3) is 1.01. The molecule has 0 aromatic carbocycles. The van der Waals surface area contributed by atoms with Crippen LogP contribution in [0.1, 0.15) is 0 Å². The molecular weight excluding hydrogens is 162 g/mol. The van der Waals surface area contributed by atoms with E-state index < -0.39 is 0 Å². The highest BCUT2D eigenvalue weighted by Crippen LogP contribution is 2.28. The summed E-state index contributed by atoms with van der Waals surface area (Å²) in [7, 11) is 0. The molecule has 5 heteroatoms. The molecule has 58 valence electrons. The van der Waals surface area contributed by atoms with Crippen molar-refractivity contribution in [2.45, 2.75) is 11.3 Å². The second-order valence-corrected chi connectivity index (χ2v) is 3.43. The number of amides is 1. The van der Waals surface area contributed by atoms with Gasteiger partial charge in [0.25, 0.3) is 0 Å². The third-order valence-electron chi connectivity index (χ3n) is 1.61. The van der Waals surface area contributed by atoms with Crippen LogP contribution in [0, 0.1) is 0 Å². The maximum Gasteiger partial charge on any atom is 0.242 e. The fourth-order valence-corrected chi connectivity index (χ4v) is 2.03. The minimum atomic E-state index is -0.0951. The molecule has 11 heavy (non-hydrogen) atoms. The highest BCUT2D eigenvalue weighted by Gasteiger charge is 2.33. The molecule has 3 N–H and O–H groups in total. The number of carbonyl (C=O) groups is 1. The largest absolute Gasteiger partial charge is 0.370 e. The summed E-state index contributed by atoms with van der Waals surface area (Å²) < 4.78 is 0. The van der Waals surface area contributed by atoms with Crippen molar-refractivity contribution in [3.8, 4) is 0 Å². The molecule has 2 aliphatic rings. The van der Waals surface area contributed by atoms with Gasteiger partial charge in [-0.3, -0.25) is 10.1 Å². The molecule has 0 saturated heterocycles. The molecule has 0 saturated carbocycles. The molecule has 4 nitrogen and oxygen atoms in total. The predicted octanol–water partition coefficient (Wildman–Crippen LogP) is -0.571. The lowest BCUT2D eigenvalue weighted by molar-refractivity contribution is -0.119. The highest BCUT2D eigenvalue weighted by atomic mass is 32.2. The number of fused-ring (bicyclic) bond motifs is 1. The number of rotatable bonds is 0. The predicted molar refractivity (Wildman–Crippen MR) is 44.1 cm³/mol. The summed E-state index contributed by atoms with van der Waals surface area (Å²) in [6.07, 6.45) is 1.89. The van der Waals surface area contributed by atoms with Crippen LogP contribution in [0.2, 0.25) is 0 Å². The van der Waals surface area contributed by atoms with Crippen LogP contribution in [0.5, 0.6) is 0 Å². The molecule has 0 aromatic heterocycles. The number of nitrogens with one attached hydrogen (secondary N) is 1. The number of guanidine groups is 1. The van der Waals surface area contributed by atoms with E-state index >= 15 is 0 Å². The van der Waals surface area contributed by atoms with Crippen LogP contribution >= 0.6 is 11.8 Å². The number of nitrogens with two attached hydrogens (primary N) is 1. The Labute approximate surface area is 67.9 Å². The molecular formula is C6H7N3OS. The number of aliphatic imine (C=N–C) groups is 1. The fraction of sp³-hybridized carbons (Fsp3) is 0.333. The molecule has 0 fully saturated rings. The minimum Gasteiger partial charge on any atom is -0.370 e. The number of hydrogen-bond donors (Lipinski definition) is 2. The second-order valence-electron chi connectivity index (χ2n) is 2.38. The topological polar surface area (TPSA) is 67.5 Å². The summed E-state index contributed by atoms with van der Waals surface area (Å²) >= 11 is 1.48. The summed E-state index contributed by atoms with van der Waals surface area (Å²) in [6.45, 7) is 0. The molecule has 2 heterocycles. The van der Waals surface area contributed by atoms with Crippen molar-refractivity contribution in [3.05, 3.63) is 11.5 Å². The number of hydrogen-bond acceptors (Lipinski definition) is 4. The maximum atomic E-state index is 11.2. The van der Waals surface area contributed by atoms with Crippen molar-refractivity contribution in [2.24, 2.45) is 10.7 Å². The van der Waals surface area contributed by atoms with Gasteiger partial charge < -0.3 is 5.73 Å². The monoisotopic (exact) mass is 169 g/mol. The first-order chi connectivity index (χ1) is 5.27. The van der Waals surface area contributed by atoms with Crippen LogP contribution in [0.3, 0.4) is 0 Å². The Morgan fingerprint density at radius 1 is 1.73 bits per heavy atom. The molecule has 0 aromatic rings. The zero-order valence-electron chi connectivity index (χ0n) is 5.65. The molecule has 2 aliphatic heterocycles. The van der Waals surface area contributed by atoms with Gasteiger partial charge in [0.2, 0.25) is 5.91 Å². The summed E-state index contributed by atoms with van der Waals surface area (Å²) in [6, 6.07) is -0.0475. The maximum absolute atomic E-state index is 11.2. The standard InChI is InChI=1S/C6H7N3OS/c7-6-8-3-1-2-11-4(3)5(10)9-6/h1-4H,(H3,7,8,9,10). The quantitative estimate of drug-likeness (QED) is 0.510. The van der Waals surface area contributed by atoms with E-state index in [9.17, 15) is 4.79 Å². The lowest BCUT2D eigenvalue weighted by atomic mass is 10.2. The van der Waals surface area contributed by atoms with E-state index in [1.807, 2.05) is 11.5 Å². The van der Waals surface area contributed by atoms with E-state index in [-0.39, 0.29) is 23.2 Å². The van der Waals surface area contributed by atoms with E-state index in [0.717, 1.165) is 0 Å². The van der Waals surface area contributed by atoms with Crippen LogP contribution < -0.4 is 11.1 Å². The first-order valence-corrected chi connectivity index (χ1v) is 4.18. The second kappa shape index (κ2) is 2.27. The van der Waals surface area contributed by atoms with Gasteiger partial charge in [-0.15, -0.1) is 11.8 Å². The summed E-state index contributed by atoms with van der Waals surface area (Å²) in [5, 5.41) is 4.27. The van der Waals surface area contributed by atoms with Crippen molar-refractivity contribution < 1.29 is 4.79 Å². The molecule has 0 radical (unpaired) electrons. The van der Waals surface area contributed by atoms with E-state index in [0.29, 0.717) is 0 Å². The Morgan fingerprint density at radius 2 is 2.55 bits per heavy atom. The molecule has 0 spiro atoms. The lowest BCUT2D eigenvalue weighted by Crippen LogP contribution is -2.49.